The minimum Gasteiger partial charge on any atom is -0.347 e. The zero-order valence-corrected chi connectivity index (χ0v) is 10.8. The van der Waals surface area contributed by atoms with E-state index in [4.69, 9.17) is 0 Å². The summed E-state index contributed by atoms with van der Waals surface area (Å²) >= 11 is 1.50. The molecule has 0 bridgehead atoms. The fourth-order valence-electron chi connectivity index (χ4n) is 1.97. The monoisotopic (exact) mass is 273 g/mol. The number of carbonyl (C=O) groups is 2. The van der Waals surface area contributed by atoms with E-state index < -0.39 is 0 Å². The second-order valence-electron chi connectivity index (χ2n) is 4.25. The summed E-state index contributed by atoms with van der Waals surface area (Å²) in [5.74, 6) is -0.173. The van der Waals surface area contributed by atoms with Gasteiger partial charge >= 0.3 is 0 Å². The minimum atomic E-state index is -0.143. The van der Waals surface area contributed by atoms with Gasteiger partial charge in [-0.2, -0.15) is 0 Å². The molecule has 6 heteroatoms. The average molecular weight is 273 g/mol. The minimum absolute atomic E-state index is 0.0304. The van der Waals surface area contributed by atoms with Crippen LogP contribution in [-0.2, 0) is 17.8 Å². The topological polar surface area (TPSA) is 71.1 Å². The molecule has 0 saturated carbocycles. The van der Waals surface area contributed by atoms with Gasteiger partial charge in [-0.25, -0.2) is 0 Å². The summed E-state index contributed by atoms with van der Waals surface area (Å²) in [7, 11) is 0. The molecular weight excluding hydrogens is 262 g/mol. The van der Waals surface area contributed by atoms with Gasteiger partial charge in [0.15, 0.2) is 0 Å². The van der Waals surface area contributed by atoms with Crippen molar-refractivity contribution in [2.45, 2.75) is 13.0 Å². The van der Waals surface area contributed by atoms with Gasteiger partial charge in [0.25, 0.3) is 5.91 Å². The van der Waals surface area contributed by atoms with Crippen molar-refractivity contribution in [2.75, 3.05) is 5.32 Å². The number of hydrogen-bond donors (Lipinski definition) is 2. The molecule has 19 heavy (non-hydrogen) atoms. The van der Waals surface area contributed by atoms with Crippen LogP contribution in [0.25, 0.3) is 0 Å². The quantitative estimate of drug-likeness (QED) is 0.891. The van der Waals surface area contributed by atoms with Crippen LogP contribution in [-0.4, -0.2) is 16.8 Å². The number of aromatic nitrogens is 1. The molecule has 3 rings (SSSR count). The lowest BCUT2D eigenvalue weighted by atomic mass is 10.1. The lowest BCUT2D eigenvalue weighted by Crippen LogP contribution is -2.22. The van der Waals surface area contributed by atoms with Gasteiger partial charge < -0.3 is 10.6 Å². The van der Waals surface area contributed by atoms with Crippen LogP contribution >= 0.6 is 11.3 Å². The summed E-state index contributed by atoms with van der Waals surface area (Å²) in [6.45, 7) is 0.470. The van der Waals surface area contributed by atoms with Gasteiger partial charge in [-0.1, -0.05) is 0 Å². The molecule has 0 atom stereocenters. The standard InChI is InChI=1S/C13H11N3O2S/c17-12-4-9-3-8(1-2-11(9)16-12)13(18)15-6-10-5-14-7-19-10/h1-3,5,7H,4,6H2,(H,15,18)(H,16,17). The normalized spacial score (nSPS) is 12.9. The molecule has 0 radical (unpaired) electrons. The van der Waals surface area contributed by atoms with Crippen molar-refractivity contribution in [3.8, 4) is 0 Å². The molecule has 0 unspecified atom stereocenters. The summed E-state index contributed by atoms with van der Waals surface area (Å²) in [5, 5.41) is 5.57. The molecular formula is C13H11N3O2S. The Labute approximate surface area is 113 Å². The van der Waals surface area contributed by atoms with Crippen LogP contribution < -0.4 is 10.6 Å². The predicted molar refractivity (Wildman–Crippen MR) is 72.1 cm³/mol. The molecule has 0 fully saturated rings. The SMILES string of the molecule is O=C1Cc2cc(C(=O)NCc3cncs3)ccc2N1. The summed E-state index contributed by atoms with van der Waals surface area (Å²) in [6, 6.07) is 5.24. The zero-order chi connectivity index (χ0) is 13.2. The first-order valence-corrected chi connectivity index (χ1v) is 6.69. The third kappa shape index (κ3) is 2.48. The summed E-state index contributed by atoms with van der Waals surface area (Å²) < 4.78 is 0. The highest BCUT2D eigenvalue weighted by Crippen LogP contribution is 2.23. The molecule has 1 aliphatic heterocycles. The summed E-state index contributed by atoms with van der Waals surface area (Å²) in [4.78, 5) is 28.2. The predicted octanol–water partition coefficient (Wildman–Crippen LogP) is 1.57. The van der Waals surface area contributed by atoms with Crippen LogP contribution in [0.15, 0.2) is 29.9 Å². The Morgan fingerprint density at radius 3 is 3.16 bits per heavy atom. The van der Waals surface area contributed by atoms with E-state index in [9.17, 15) is 9.59 Å². The van der Waals surface area contributed by atoms with Crippen LogP contribution in [0.5, 0.6) is 0 Å². The highest BCUT2D eigenvalue weighted by molar-refractivity contribution is 7.09. The van der Waals surface area contributed by atoms with Gasteiger partial charge in [0.2, 0.25) is 5.91 Å². The number of carbonyl (C=O) groups excluding carboxylic acids is 2. The Bertz CT molecular complexity index is 637. The van der Waals surface area contributed by atoms with E-state index in [0.29, 0.717) is 18.5 Å². The lowest BCUT2D eigenvalue weighted by molar-refractivity contribution is -0.115. The molecule has 1 aromatic heterocycles. The number of amides is 2. The van der Waals surface area contributed by atoms with Crippen molar-refractivity contribution >= 4 is 28.8 Å². The molecule has 2 heterocycles. The molecule has 1 aromatic carbocycles. The van der Waals surface area contributed by atoms with Crippen LogP contribution in [0.1, 0.15) is 20.8 Å². The number of nitrogens with one attached hydrogen (secondary N) is 2. The third-order valence-electron chi connectivity index (χ3n) is 2.90. The molecule has 5 nitrogen and oxygen atoms in total. The van der Waals surface area contributed by atoms with E-state index in [2.05, 4.69) is 15.6 Å². The third-order valence-corrected chi connectivity index (χ3v) is 3.68. The molecule has 1 aliphatic rings. The number of nitrogens with zero attached hydrogens (tertiary/aromatic N) is 1. The number of rotatable bonds is 3. The largest absolute Gasteiger partial charge is 0.347 e. The van der Waals surface area contributed by atoms with Gasteiger partial charge in [0.1, 0.15) is 0 Å². The van der Waals surface area contributed by atoms with E-state index in [1.165, 1.54) is 11.3 Å². The number of fused-ring (bicyclic) bond motifs is 1. The molecule has 0 saturated heterocycles. The Morgan fingerprint density at radius 2 is 2.37 bits per heavy atom. The van der Waals surface area contributed by atoms with E-state index in [-0.39, 0.29) is 11.8 Å². The van der Waals surface area contributed by atoms with Gasteiger partial charge in [0, 0.05) is 22.3 Å². The van der Waals surface area contributed by atoms with Crippen molar-refractivity contribution < 1.29 is 9.59 Å². The van der Waals surface area contributed by atoms with Crippen molar-refractivity contribution in [2.24, 2.45) is 0 Å². The fraction of sp³-hybridized carbons (Fsp3) is 0.154. The zero-order valence-electron chi connectivity index (χ0n) is 9.97. The Hall–Kier alpha value is -2.21. The van der Waals surface area contributed by atoms with Crippen LogP contribution in [0.2, 0.25) is 0 Å². The number of thiazole rings is 1. The van der Waals surface area contributed by atoms with Gasteiger partial charge in [0.05, 0.1) is 18.5 Å². The average Bonchev–Trinajstić information content (AvgIpc) is 3.02. The first-order valence-electron chi connectivity index (χ1n) is 5.81. The van der Waals surface area contributed by atoms with Crippen molar-refractivity contribution in [3.63, 3.8) is 0 Å². The fourth-order valence-corrected chi connectivity index (χ4v) is 2.50. The van der Waals surface area contributed by atoms with Crippen molar-refractivity contribution in [1.29, 1.82) is 0 Å². The maximum atomic E-state index is 12.0. The first-order chi connectivity index (χ1) is 9.22. The lowest BCUT2D eigenvalue weighted by Gasteiger charge is -2.05. The smallest absolute Gasteiger partial charge is 0.251 e. The number of anilines is 1. The van der Waals surface area contributed by atoms with E-state index >= 15 is 0 Å². The van der Waals surface area contributed by atoms with Crippen LogP contribution in [0.4, 0.5) is 5.69 Å². The van der Waals surface area contributed by atoms with Gasteiger partial charge in [-0.15, -0.1) is 11.3 Å². The second kappa shape index (κ2) is 4.81. The second-order valence-corrected chi connectivity index (χ2v) is 5.22. The van der Waals surface area contributed by atoms with Crippen LogP contribution in [0.3, 0.4) is 0 Å². The molecule has 2 N–H and O–H groups in total. The first kappa shape index (κ1) is 11.9. The number of hydrogen-bond acceptors (Lipinski definition) is 4. The molecule has 2 amide bonds. The Kier molecular flexibility index (Phi) is 3.00. The molecule has 2 aromatic rings. The Balaban J connectivity index is 1.70. The van der Waals surface area contributed by atoms with Crippen LogP contribution in [0, 0.1) is 0 Å². The highest BCUT2D eigenvalue weighted by Gasteiger charge is 2.18. The summed E-state index contributed by atoms with van der Waals surface area (Å²) in [6.07, 6.45) is 2.07. The molecule has 0 spiro atoms. The maximum absolute atomic E-state index is 12.0. The van der Waals surface area contributed by atoms with Crippen molar-refractivity contribution in [3.05, 3.63) is 45.9 Å². The number of benzene rings is 1. The van der Waals surface area contributed by atoms with E-state index in [1.807, 2.05) is 0 Å². The van der Waals surface area contributed by atoms with E-state index in [1.54, 1.807) is 29.9 Å². The van der Waals surface area contributed by atoms with Crippen molar-refractivity contribution in [1.82, 2.24) is 10.3 Å². The van der Waals surface area contributed by atoms with Gasteiger partial charge in [-0.3, -0.25) is 14.6 Å². The summed E-state index contributed by atoms with van der Waals surface area (Å²) in [5.41, 5.74) is 3.97. The molecule has 96 valence electrons. The molecule has 0 aliphatic carbocycles. The highest BCUT2D eigenvalue weighted by atomic mass is 32.1. The van der Waals surface area contributed by atoms with Gasteiger partial charge in [-0.05, 0) is 23.8 Å². The van der Waals surface area contributed by atoms with E-state index in [0.717, 1.165) is 16.1 Å². The Morgan fingerprint density at radius 1 is 1.47 bits per heavy atom. The maximum Gasteiger partial charge on any atom is 0.251 e.